The van der Waals surface area contributed by atoms with Gasteiger partial charge in [-0.3, -0.25) is 4.79 Å². The number of ketones is 1. The Balaban J connectivity index is 2.12. The summed E-state index contributed by atoms with van der Waals surface area (Å²) in [4.78, 5) is 12.6. The Kier molecular flexibility index (Phi) is 4.35. The summed E-state index contributed by atoms with van der Waals surface area (Å²) < 4.78 is 26.2. The zero-order chi connectivity index (χ0) is 16.4. The molecule has 1 atom stereocenters. The van der Waals surface area contributed by atoms with E-state index in [-0.39, 0.29) is 5.78 Å². The summed E-state index contributed by atoms with van der Waals surface area (Å²) in [7, 11) is -3.51. The van der Waals surface area contributed by atoms with Gasteiger partial charge in [0.1, 0.15) is 0 Å². The van der Waals surface area contributed by atoms with Crippen LogP contribution in [0.4, 0.5) is 0 Å². The molecule has 0 fully saturated rings. The van der Waals surface area contributed by atoms with Gasteiger partial charge in [0.25, 0.3) is 0 Å². The van der Waals surface area contributed by atoms with Gasteiger partial charge in [0.2, 0.25) is 0 Å². The van der Waals surface area contributed by atoms with Crippen molar-refractivity contribution in [3.8, 4) is 0 Å². The molecule has 0 aliphatic heterocycles. The number of carbonyl (C=O) groups excluding carboxylic acids is 1. The van der Waals surface area contributed by atoms with Crippen LogP contribution in [0, 0.1) is 6.92 Å². The SMILES string of the molecule is Cc1ccc(S(=O)(=O)C2CCCCC(=O)c3ccccc32)cc1. The van der Waals surface area contributed by atoms with Crippen LogP contribution in [0.2, 0.25) is 0 Å². The second-order valence-electron chi connectivity index (χ2n) is 6.10. The molecule has 3 rings (SSSR count). The molecule has 0 aromatic heterocycles. The van der Waals surface area contributed by atoms with Crippen LogP contribution in [0.5, 0.6) is 0 Å². The van der Waals surface area contributed by atoms with Gasteiger partial charge in [-0.05, 0) is 37.5 Å². The van der Waals surface area contributed by atoms with Crippen LogP contribution in [0.1, 0.15) is 52.4 Å². The van der Waals surface area contributed by atoms with Gasteiger partial charge in [-0.25, -0.2) is 8.42 Å². The normalized spacial score (nSPS) is 18.8. The van der Waals surface area contributed by atoms with Crippen molar-refractivity contribution in [2.24, 2.45) is 0 Å². The zero-order valence-corrected chi connectivity index (χ0v) is 14.0. The fourth-order valence-corrected chi connectivity index (χ4v) is 5.01. The minimum Gasteiger partial charge on any atom is -0.294 e. The molecular formula is C19H20O3S. The molecule has 4 heteroatoms. The molecular weight excluding hydrogens is 308 g/mol. The highest BCUT2D eigenvalue weighted by Gasteiger charge is 2.32. The Morgan fingerprint density at radius 2 is 1.65 bits per heavy atom. The van der Waals surface area contributed by atoms with Crippen molar-refractivity contribution in [3.05, 3.63) is 65.2 Å². The van der Waals surface area contributed by atoms with Crippen LogP contribution in [-0.2, 0) is 9.84 Å². The maximum Gasteiger partial charge on any atom is 0.185 e. The number of carbonyl (C=O) groups is 1. The molecule has 0 spiro atoms. The van der Waals surface area contributed by atoms with E-state index in [1.165, 1.54) is 0 Å². The standard InChI is InChI=1S/C19H20O3S/c1-14-10-12-15(13-11-14)23(21,22)19-9-5-4-8-18(20)16-6-2-3-7-17(16)19/h2-3,6-7,10-13,19H,4-5,8-9H2,1H3. The van der Waals surface area contributed by atoms with Crippen molar-refractivity contribution in [1.29, 1.82) is 0 Å². The fourth-order valence-electron chi connectivity index (χ4n) is 3.15. The molecule has 0 saturated heterocycles. The second-order valence-corrected chi connectivity index (χ2v) is 8.23. The first-order valence-corrected chi connectivity index (χ1v) is 9.47. The highest BCUT2D eigenvalue weighted by Crippen LogP contribution is 2.37. The van der Waals surface area contributed by atoms with Crippen molar-refractivity contribution in [1.82, 2.24) is 0 Å². The number of hydrogen-bond acceptors (Lipinski definition) is 3. The number of hydrogen-bond donors (Lipinski definition) is 0. The highest BCUT2D eigenvalue weighted by molar-refractivity contribution is 7.91. The van der Waals surface area contributed by atoms with Gasteiger partial charge in [0.05, 0.1) is 10.1 Å². The second kappa shape index (κ2) is 6.28. The van der Waals surface area contributed by atoms with Crippen molar-refractivity contribution in [3.63, 3.8) is 0 Å². The quantitative estimate of drug-likeness (QED) is 0.827. The third kappa shape index (κ3) is 3.08. The zero-order valence-electron chi connectivity index (χ0n) is 13.2. The molecule has 1 aliphatic carbocycles. The van der Waals surface area contributed by atoms with Crippen LogP contribution in [0.25, 0.3) is 0 Å². The van der Waals surface area contributed by atoms with E-state index in [0.717, 1.165) is 18.4 Å². The first-order chi connectivity index (χ1) is 11.0. The number of fused-ring (bicyclic) bond motifs is 1. The summed E-state index contributed by atoms with van der Waals surface area (Å²) in [5.74, 6) is 0.0457. The lowest BCUT2D eigenvalue weighted by atomic mass is 9.92. The van der Waals surface area contributed by atoms with Gasteiger partial charge in [-0.1, -0.05) is 48.4 Å². The van der Waals surface area contributed by atoms with E-state index in [9.17, 15) is 13.2 Å². The lowest BCUT2D eigenvalue weighted by Crippen LogP contribution is -2.19. The topological polar surface area (TPSA) is 51.2 Å². The fraction of sp³-hybridized carbons (Fsp3) is 0.316. The van der Waals surface area contributed by atoms with Gasteiger partial charge in [-0.2, -0.15) is 0 Å². The molecule has 0 N–H and O–H groups in total. The van der Waals surface area contributed by atoms with Crippen LogP contribution < -0.4 is 0 Å². The molecule has 1 unspecified atom stereocenters. The van der Waals surface area contributed by atoms with E-state index in [1.54, 1.807) is 30.3 Å². The van der Waals surface area contributed by atoms with Crippen LogP contribution in [0.3, 0.4) is 0 Å². The van der Waals surface area contributed by atoms with Crippen LogP contribution in [-0.4, -0.2) is 14.2 Å². The molecule has 1 aliphatic rings. The molecule has 0 bridgehead atoms. The number of aryl methyl sites for hydroxylation is 1. The van der Waals surface area contributed by atoms with Crippen LogP contribution >= 0.6 is 0 Å². The average molecular weight is 328 g/mol. The molecule has 3 nitrogen and oxygen atoms in total. The lowest BCUT2D eigenvalue weighted by molar-refractivity contribution is 0.0976. The van der Waals surface area contributed by atoms with Gasteiger partial charge >= 0.3 is 0 Å². The molecule has 23 heavy (non-hydrogen) atoms. The third-order valence-electron chi connectivity index (χ3n) is 4.45. The predicted octanol–water partition coefficient (Wildman–Crippen LogP) is 4.27. The van der Waals surface area contributed by atoms with Crippen molar-refractivity contribution >= 4 is 15.6 Å². The Morgan fingerprint density at radius 1 is 0.957 bits per heavy atom. The monoisotopic (exact) mass is 328 g/mol. The molecule has 120 valence electrons. The Morgan fingerprint density at radius 3 is 2.39 bits per heavy atom. The largest absolute Gasteiger partial charge is 0.294 e. The molecule has 0 amide bonds. The molecule has 2 aromatic rings. The highest BCUT2D eigenvalue weighted by atomic mass is 32.2. The molecule has 2 aromatic carbocycles. The van der Waals surface area contributed by atoms with Crippen molar-refractivity contribution in [2.45, 2.75) is 42.8 Å². The predicted molar refractivity (Wildman–Crippen MR) is 90.3 cm³/mol. The Labute approximate surface area is 137 Å². The third-order valence-corrected chi connectivity index (χ3v) is 6.62. The van der Waals surface area contributed by atoms with Gasteiger partial charge < -0.3 is 0 Å². The van der Waals surface area contributed by atoms with Gasteiger partial charge in [0, 0.05) is 12.0 Å². The Bertz CT molecular complexity index is 820. The summed E-state index contributed by atoms with van der Waals surface area (Å²) in [5.41, 5.74) is 2.24. The summed E-state index contributed by atoms with van der Waals surface area (Å²) in [5, 5.41) is -0.648. The summed E-state index contributed by atoms with van der Waals surface area (Å²) in [6, 6.07) is 14.1. The average Bonchev–Trinajstić information content (AvgIpc) is 2.53. The smallest absolute Gasteiger partial charge is 0.185 e. The number of Topliss-reactive ketones (excluding diaryl/α,β-unsaturated/α-hetero) is 1. The van der Waals surface area contributed by atoms with E-state index in [0.29, 0.717) is 28.9 Å². The van der Waals surface area contributed by atoms with Gasteiger partial charge in [0.15, 0.2) is 15.6 Å². The van der Waals surface area contributed by atoms with Gasteiger partial charge in [-0.15, -0.1) is 0 Å². The minimum absolute atomic E-state index is 0.0457. The minimum atomic E-state index is -3.51. The van der Waals surface area contributed by atoms with Crippen molar-refractivity contribution < 1.29 is 13.2 Å². The van der Waals surface area contributed by atoms with E-state index < -0.39 is 15.1 Å². The first kappa shape index (κ1) is 15.9. The summed E-state index contributed by atoms with van der Waals surface area (Å²) in [6.07, 6.45) is 2.54. The number of sulfone groups is 1. The molecule has 0 heterocycles. The Hall–Kier alpha value is -1.94. The molecule has 0 saturated carbocycles. The number of rotatable bonds is 2. The summed E-state index contributed by atoms with van der Waals surface area (Å²) in [6.45, 7) is 1.93. The van der Waals surface area contributed by atoms with Crippen LogP contribution in [0.15, 0.2) is 53.4 Å². The summed E-state index contributed by atoms with van der Waals surface area (Å²) >= 11 is 0. The van der Waals surface area contributed by atoms with Crippen molar-refractivity contribution in [2.75, 3.05) is 0 Å². The molecule has 0 radical (unpaired) electrons. The maximum absolute atomic E-state index is 13.1. The maximum atomic E-state index is 13.1. The van der Waals surface area contributed by atoms with E-state index in [4.69, 9.17) is 0 Å². The lowest BCUT2D eigenvalue weighted by Gasteiger charge is -2.23. The number of benzene rings is 2. The van der Waals surface area contributed by atoms with E-state index in [1.807, 2.05) is 25.1 Å². The van der Waals surface area contributed by atoms with E-state index >= 15 is 0 Å². The first-order valence-electron chi connectivity index (χ1n) is 7.93. The van der Waals surface area contributed by atoms with E-state index in [2.05, 4.69) is 0 Å².